The minimum atomic E-state index is -0.305. The number of carbonyl (C=O) groups is 2. The zero-order valence-corrected chi connectivity index (χ0v) is 20.3. The molecule has 3 aromatic rings. The maximum atomic E-state index is 13.4. The fraction of sp³-hybridized carbons (Fsp3) is 0.357. The van der Waals surface area contributed by atoms with Crippen LogP contribution in [0.2, 0.25) is 0 Å². The number of furan rings is 1. The van der Waals surface area contributed by atoms with Crippen LogP contribution >= 0.6 is 0 Å². The molecule has 6 nitrogen and oxygen atoms in total. The highest BCUT2D eigenvalue weighted by Gasteiger charge is 2.29. The van der Waals surface area contributed by atoms with Crippen LogP contribution in [-0.2, 0) is 14.3 Å². The van der Waals surface area contributed by atoms with Gasteiger partial charge >= 0.3 is 5.97 Å². The number of likely N-dealkylation sites (tertiary alicyclic amines) is 1. The van der Waals surface area contributed by atoms with Gasteiger partial charge in [0.15, 0.2) is 0 Å². The topological polar surface area (TPSA) is 69.0 Å². The molecule has 1 fully saturated rings. The second-order valence-corrected chi connectivity index (χ2v) is 8.64. The Morgan fingerprint density at radius 2 is 1.94 bits per heavy atom. The number of allylic oxidation sites excluding steroid dienone is 1. The number of halogens is 1. The van der Waals surface area contributed by atoms with E-state index in [0.717, 1.165) is 40.5 Å². The Morgan fingerprint density at radius 1 is 1.17 bits per heavy atom. The Morgan fingerprint density at radius 3 is 2.66 bits per heavy atom. The largest absolute Gasteiger partial charge is 0.493 e. The lowest BCUT2D eigenvalue weighted by molar-refractivity contribution is -0.150. The van der Waals surface area contributed by atoms with Crippen LogP contribution in [0.5, 0.6) is 5.75 Å². The summed E-state index contributed by atoms with van der Waals surface area (Å²) < 4.78 is 30.2. The molecule has 0 aliphatic carbocycles. The molecule has 4 rings (SSSR count). The number of ether oxygens (including phenoxy) is 2. The zero-order valence-electron chi connectivity index (χ0n) is 20.3. The third kappa shape index (κ3) is 5.39. The molecule has 1 aromatic heterocycles. The first kappa shape index (κ1) is 24.5. The van der Waals surface area contributed by atoms with Gasteiger partial charge in [-0.1, -0.05) is 12.1 Å². The van der Waals surface area contributed by atoms with Crippen molar-refractivity contribution in [2.75, 3.05) is 26.3 Å². The van der Waals surface area contributed by atoms with Gasteiger partial charge in [0.25, 0.3) is 0 Å². The summed E-state index contributed by atoms with van der Waals surface area (Å²) in [6.07, 6.45) is 4.72. The van der Waals surface area contributed by atoms with Crippen molar-refractivity contribution in [1.82, 2.24) is 4.90 Å². The lowest BCUT2D eigenvalue weighted by atomic mass is 9.97. The number of amides is 1. The summed E-state index contributed by atoms with van der Waals surface area (Å²) in [5, 5.41) is 0.843. The van der Waals surface area contributed by atoms with Gasteiger partial charge in [-0.2, -0.15) is 0 Å². The fourth-order valence-electron chi connectivity index (χ4n) is 4.48. The van der Waals surface area contributed by atoms with Crippen molar-refractivity contribution in [2.45, 2.75) is 33.6 Å². The molecule has 35 heavy (non-hydrogen) atoms. The van der Waals surface area contributed by atoms with E-state index >= 15 is 0 Å². The monoisotopic (exact) mass is 479 g/mol. The van der Waals surface area contributed by atoms with Crippen molar-refractivity contribution >= 4 is 28.4 Å². The number of benzene rings is 2. The molecule has 1 atom stereocenters. The van der Waals surface area contributed by atoms with Crippen LogP contribution in [0.3, 0.4) is 0 Å². The Kier molecular flexibility index (Phi) is 7.54. The van der Waals surface area contributed by atoms with Gasteiger partial charge < -0.3 is 18.8 Å². The van der Waals surface area contributed by atoms with Crippen LogP contribution < -0.4 is 4.74 Å². The maximum Gasteiger partial charge on any atom is 0.310 e. The first-order chi connectivity index (χ1) is 16.9. The average molecular weight is 480 g/mol. The van der Waals surface area contributed by atoms with Crippen molar-refractivity contribution in [2.24, 2.45) is 5.92 Å². The van der Waals surface area contributed by atoms with Gasteiger partial charge in [0.05, 0.1) is 25.4 Å². The van der Waals surface area contributed by atoms with E-state index in [1.807, 2.05) is 26.0 Å². The minimum Gasteiger partial charge on any atom is -0.493 e. The van der Waals surface area contributed by atoms with Crippen molar-refractivity contribution in [3.63, 3.8) is 0 Å². The lowest BCUT2D eigenvalue weighted by Gasteiger charge is -2.31. The lowest BCUT2D eigenvalue weighted by Crippen LogP contribution is -2.42. The van der Waals surface area contributed by atoms with E-state index in [1.165, 1.54) is 12.1 Å². The molecule has 1 saturated heterocycles. The van der Waals surface area contributed by atoms with E-state index in [9.17, 15) is 14.0 Å². The second kappa shape index (κ2) is 10.8. The van der Waals surface area contributed by atoms with E-state index in [0.29, 0.717) is 37.6 Å². The molecular formula is C28H30FNO5. The molecule has 2 aromatic carbocycles. The van der Waals surface area contributed by atoms with Crippen molar-refractivity contribution < 1.29 is 27.9 Å². The number of esters is 1. The van der Waals surface area contributed by atoms with Crippen LogP contribution in [-0.4, -0.2) is 43.1 Å². The molecule has 0 bridgehead atoms. The summed E-state index contributed by atoms with van der Waals surface area (Å²) in [4.78, 5) is 27.0. The van der Waals surface area contributed by atoms with Gasteiger partial charge in [0.2, 0.25) is 5.91 Å². The fourth-order valence-corrected chi connectivity index (χ4v) is 4.48. The molecule has 0 radical (unpaired) electrons. The number of fused-ring (bicyclic) bond motifs is 1. The summed E-state index contributed by atoms with van der Waals surface area (Å²) in [5.41, 5.74) is 3.82. The maximum absolute atomic E-state index is 13.4. The Hall–Kier alpha value is -3.61. The molecule has 1 unspecified atom stereocenters. The van der Waals surface area contributed by atoms with Crippen LogP contribution in [0.1, 0.15) is 39.2 Å². The van der Waals surface area contributed by atoms with E-state index in [4.69, 9.17) is 13.9 Å². The molecule has 2 heterocycles. The van der Waals surface area contributed by atoms with E-state index in [2.05, 4.69) is 0 Å². The Labute approximate surface area is 204 Å². The minimum absolute atomic E-state index is 0.148. The number of hydrogen-bond donors (Lipinski definition) is 0. The molecule has 1 aliphatic rings. The van der Waals surface area contributed by atoms with Gasteiger partial charge in [0.1, 0.15) is 17.1 Å². The molecule has 1 amide bonds. The van der Waals surface area contributed by atoms with E-state index in [1.54, 1.807) is 36.3 Å². The normalized spacial score (nSPS) is 16.4. The summed E-state index contributed by atoms with van der Waals surface area (Å²) >= 11 is 0. The van der Waals surface area contributed by atoms with Crippen LogP contribution in [0.15, 0.2) is 53.2 Å². The predicted octanol–water partition coefficient (Wildman–Crippen LogP) is 5.84. The van der Waals surface area contributed by atoms with E-state index < -0.39 is 0 Å². The molecule has 1 aliphatic heterocycles. The van der Waals surface area contributed by atoms with Crippen molar-refractivity contribution in [1.29, 1.82) is 0 Å². The number of carbonyl (C=O) groups excluding carboxylic acids is 2. The molecule has 0 N–H and O–H groups in total. The molecule has 0 saturated carbocycles. The summed E-state index contributed by atoms with van der Waals surface area (Å²) in [6, 6.07) is 10.0. The zero-order chi connectivity index (χ0) is 24.9. The quantitative estimate of drug-likeness (QED) is 0.314. The van der Waals surface area contributed by atoms with Crippen LogP contribution in [0, 0.1) is 11.7 Å². The van der Waals surface area contributed by atoms with Gasteiger partial charge in [0, 0.05) is 41.7 Å². The highest BCUT2D eigenvalue weighted by Crippen LogP contribution is 2.37. The smallest absolute Gasteiger partial charge is 0.310 e. The van der Waals surface area contributed by atoms with Gasteiger partial charge in [-0.25, -0.2) is 4.39 Å². The standard InChI is InChI=1S/C28H30FNO5/c1-4-33-25-15-26-23(24(17-35-26)19-8-10-21(29)11-9-19)14-22(25)18(3)13-27(31)30-12-6-7-20(16-30)28(32)34-5-2/h8-11,13-15,17,20H,4-7,12,16H2,1-3H3/b18-13+. The van der Waals surface area contributed by atoms with Gasteiger partial charge in [-0.05, 0) is 62.9 Å². The first-order valence-electron chi connectivity index (χ1n) is 12.0. The Balaban J connectivity index is 1.65. The number of nitrogens with zero attached hydrogens (tertiary/aromatic N) is 1. The van der Waals surface area contributed by atoms with Crippen molar-refractivity contribution in [3.05, 3.63) is 60.1 Å². The number of rotatable bonds is 7. The summed E-state index contributed by atoms with van der Waals surface area (Å²) in [5.74, 6) is -0.375. The summed E-state index contributed by atoms with van der Waals surface area (Å²) in [7, 11) is 0. The van der Waals surface area contributed by atoms with E-state index in [-0.39, 0.29) is 23.6 Å². The first-order valence-corrected chi connectivity index (χ1v) is 12.0. The van der Waals surface area contributed by atoms with Crippen LogP contribution in [0.25, 0.3) is 27.7 Å². The highest BCUT2D eigenvalue weighted by molar-refractivity contribution is 6.00. The summed E-state index contributed by atoms with van der Waals surface area (Å²) in [6.45, 7) is 7.29. The molecular weight excluding hydrogens is 449 g/mol. The SMILES string of the molecule is CCOC(=O)C1CCCN(C(=O)/C=C(\C)c2cc3c(-c4ccc(F)cc4)coc3cc2OCC)C1. The molecule has 184 valence electrons. The number of piperidine rings is 1. The van der Waals surface area contributed by atoms with Gasteiger partial charge in [-0.3, -0.25) is 9.59 Å². The number of hydrogen-bond acceptors (Lipinski definition) is 5. The third-order valence-corrected chi connectivity index (χ3v) is 6.25. The Bertz CT molecular complexity index is 1240. The van der Waals surface area contributed by atoms with Crippen molar-refractivity contribution in [3.8, 4) is 16.9 Å². The third-order valence-electron chi connectivity index (χ3n) is 6.25. The predicted molar refractivity (Wildman–Crippen MR) is 132 cm³/mol. The second-order valence-electron chi connectivity index (χ2n) is 8.64. The molecule has 0 spiro atoms. The highest BCUT2D eigenvalue weighted by atomic mass is 19.1. The average Bonchev–Trinajstić information content (AvgIpc) is 3.27. The van der Waals surface area contributed by atoms with Crippen LogP contribution in [0.4, 0.5) is 4.39 Å². The molecule has 7 heteroatoms. The van der Waals surface area contributed by atoms with Gasteiger partial charge in [-0.15, -0.1) is 0 Å².